The number of nitrogens with one attached hydrogen (secondary N) is 1. The summed E-state index contributed by atoms with van der Waals surface area (Å²) in [5.74, 6) is -1.20. The molecule has 1 fully saturated rings. The molecule has 2 amide bonds. The molecule has 2 unspecified atom stereocenters. The summed E-state index contributed by atoms with van der Waals surface area (Å²) in [4.78, 5) is 24.2. The van der Waals surface area contributed by atoms with E-state index in [0.717, 1.165) is 0 Å². The Labute approximate surface area is 101 Å². The Morgan fingerprint density at radius 1 is 1.47 bits per heavy atom. The number of hydrogen-bond acceptors (Lipinski definition) is 3. The molecule has 1 rings (SSSR count). The number of ether oxygens (including phenoxy) is 1. The van der Waals surface area contributed by atoms with Gasteiger partial charge in [-0.2, -0.15) is 0 Å². The molecule has 1 heterocycles. The van der Waals surface area contributed by atoms with Gasteiger partial charge in [0.25, 0.3) is 0 Å². The molecule has 0 aromatic rings. The molecule has 2 N–H and O–H groups in total. The largest absolute Gasteiger partial charge is 0.481 e. The minimum atomic E-state index is -0.931. The third kappa shape index (κ3) is 3.89. The summed E-state index contributed by atoms with van der Waals surface area (Å²) >= 11 is 0. The van der Waals surface area contributed by atoms with E-state index in [1.54, 1.807) is 11.9 Å². The van der Waals surface area contributed by atoms with E-state index in [9.17, 15) is 9.59 Å². The van der Waals surface area contributed by atoms with Crippen LogP contribution in [0.1, 0.15) is 13.8 Å². The van der Waals surface area contributed by atoms with Gasteiger partial charge in [-0.1, -0.05) is 13.8 Å². The third-order valence-corrected chi connectivity index (χ3v) is 2.69. The summed E-state index contributed by atoms with van der Waals surface area (Å²) in [5.41, 5.74) is 0. The molecule has 6 nitrogen and oxygen atoms in total. The van der Waals surface area contributed by atoms with Crippen LogP contribution < -0.4 is 5.32 Å². The molecule has 0 aliphatic carbocycles. The summed E-state index contributed by atoms with van der Waals surface area (Å²) in [6, 6.07) is -0.685. The van der Waals surface area contributed by atoms with Crippen LogP contribution in [0.15, 0.2) is 0 Å². The number of rotatable bonds is 4. The maximum Gasteiger partial charge on any atom is 0.317 e. The lowest BCUT2D eigenvalue weighted by molar-refractivity contribution is -0.142. The van der Waals surface area contributed by atoms with Gasteiger partial charge in [-0.15, -0.1) is 0 Å². The Morgan fingerprint density at radius 2 is 2.12 bits per heavy atom. The molecule has 17 heavy (non-hydrogen) atoms. The fourth-order valence-corrected chi connectivity index (χ4v) is 1.84. The first-order chi connectivity index (χ1) is 7.91. The van der Waals surface area contributed by atoms with Crippen LogP contribution in [0.25, 0.3) is 0 Å². The topological polar surface area (TPSA) is 78.9 Å². The summed E-state index contributed by atoms with van der Waals surface area (Å²) in [7, 11) is 1.70. The van der Waals surface area contributed by atoms with Gasteiger partial charge in [0.05, 0.1) is 19.3 Å². The second-order valence-electron chi connectivity index (χ2n) is 4.81. The van der Waals surface area contributed by atoms with Gasteiger partial charge in [0.1, 0.15) is 5.92 Å². The average Bonchev–Trinajstić information content (AvgIpc) is 2.64. The number of carboxylic acids is 1. The quantitative estimate of drug-likeness (QED) is 0.749. The second-order valence-corrected chi connectivity index (χ2v) is 4.81. The second kappa shape index (κ2) is 5.86. The highest BCUT2D eigenvalue weighted by molar-refractivity contribution is 5.77. The number of urea groups is 1. The molecule has 0 aromatic heterocycles. The average molecular weight is 244 g/mol. The van der Waals surface area contributed by atoms with Crippen LogP contribution in [0.4, 0.5) is 4.79 Å². The van der Waals surface area contributed by atoms with Crippen molar-refractivity contribution in [1.82, 2.24) is 10.2 Å². The summed E-state index contributed by atoms with van der Waals surface area (Å²) in [6.07, 6.45) is 0. The Balaban J connectivity index is 2.47. The Kier molecular flexibility index (Phi) is 4.74. The first-order valence-electron chi connectivity index (χ1n) is 5.74. The van der Waals surface area contributed by atoms with Crippen LogP contribution in [0.2, 0.25) is 0 Å². The van der Waals surface area contributed by atoms with Crippen LogP contribution in [-0.4, -0.2) is 54.9 Å². The molecule has 0 bridgehead atoms. The van der Waals surface area contributed by atoms with E-state index in [0.29, 0.717) is 12.5 Å². The van der Waals surface area contributed by atoms with Gasteiger partial charge in [-0.05, 0) is 5.92 Å². The lowest BCUT2D eigenvalue weighted by Gasteiger charge is -2.23. The Hall–Kier alpha value is -1.30. The monoisotopic (exact) mass is 244 g/mol. The lowest BCUT2D eigenvalue weighted by Crippen LogP contribution is -2.48. The van der Waals surface area contributed by atoms with Crippen molar-refractivity contribution in [2.75, 3.05) is 26.8 Å². The van der Waals surface area contributed by atoms with Crippen LogP contribution >= 0.6 is 0 Å². The highest BCUT2D eigenvalue weighted by Crippen LogP contribution is 2.14. The Bertz CT molecular complexity index is 293. The van der Waals surface area contributed by atoms with E-state index in [4.69, 9.17) is 9.84 Å². The highest BCUT2D eigenvalue weighted by atomic mass is 16.5. The van der Waals surface area contributed by atoms with Crippen LogP contribution in [0.3, 0.4) is 0 Å². The molecule has 98 valence electrons. The molecular weight excluding hydrogens is 224 g/mol. The zero-order valence-corrected chi connectivity index (χ0v) is 10.5. The minimum absolute atomic E-state index is 0.161. The summed E-state index contributed by atoms with van der Waals surface area (Å²) in [6.45, 7) is 5.09. The molecule has 0 radical (unpaired) electrons. The molecule has 1 aliphatic heterocycles. The zero-order chi connectivity index (χ0) is 13.0. The van der Waals surface area contributed by atoms with Crippen molar-refractivity contribution in [3.63, 3.8) is 0 Å². The number of nitrogens with zero attached hydrogens (tertiary/aromatic N) is 1. The van der Waals surface area contributed by atoms with Gasteiger partial charge in [-0.3, -0.25) is 4.79 Å². The SMILES string of the molecule is CC(C)CN(C)C(=O)NC1COCC1C(=O)O. The smallest absolute Gasteiger partial charge is 0.317 e. The number of amides is 2. The molecular formula is C11H20N2O4. The molecule has 0 aromatic carbocycles. The first kappa shape index (κ1) is 13.8. The molecule has 2 atom stereocenters. The van der Waals surface area contributed by atoms with Crippen molar-refractivity contribution < 1.29 is 19.4 Å². The first-order valence-corrected chi connectivity index (χ1v) is 5.74. The minimum Gasteiger partial charge on any atom is -0.481 e. The number of carboxylic acid groups (broad SMARTS) is 1. The molecule has 0 spiro atoms. The normalized spacial score (nSPS) is 23.8. The van der Waals surface area contributed by atoms with Gasteiger partial charge >= 0.3 is 12.0 Å². The van der Waals surface area contributed by atoms with Crippen molar-refractivity contribution in [2.24, 2.45) is 11.8 Å². The van der Waals surface area contributed by atoms with E-state index in [1.807, 2.05) is 13.8 Å². The van der Waals surface area contributed by atoms with Gasteiger partial charge in [0.2, 0.25) is 0 Å². The fraction of sp³-hybridized carbons (Fsp3) is 0.818. The lowest BCUT2D eigenvalue weighted by atomic mass is 10.0. The van der Waals surface area contributed by atoms with Crippen molar-refractivity contribution in [1.29, 1.82) is 0 Å². The number of carbonyl (C=O) groups is 2. The number of aliphatic carboxylic acids is 1. The van der Waals surface area contributed by atoms with Crippen molar-refractivity contribution in [2.45, 2.75) is 19.9 Å². The summed E-state index contributed by atoms with van der Waals surface area (Å²) in [5, 5.41) is 11.6. The van der Waals surface area contributed by atoms with E-state index in [2.05, 4.69) is 5.32 Å². The van der Waals surface area contributed by atoms with E-state index < -0.39 is 17.9 Å². The van der Waals surface area contributed by atoms with E-state index >= 15 is 0 Å². The van der Waals surface area contributed by atoms with Crippen LogP contribution in [0, 0.1) is 11.8 Å². The van der Waals surface area contributed by atoms with Crippen LogP contribution in [-0.2, 0) is 9.53 Å². The van der Waals surface area contributed by atoms with Gasteiger partial charge in [-0.25, -0.2) is 4.79 Å². The molecule has 1 saturated heterocycles. The van der Waals surface area contributed by atoms with Crippen molar-refractivity contribution >= 4 is 12.0 Å². The predicted molar refractivity (Wildman–Crippen MR) is 61.7 cm³/mol. The Morgan fingerprint density at radius 3 is 2.65 bits per heavy atom. The third-order valence-electron chi connectivity index (χ3n) is 2.69. The number of carbonyl (C=O) groups excluding carboxylic acids is 1. The maximum absolute atomic E-state index is 11.8. The molecule has 6 heteroatoms. The maximum atomic E-state index is 11.8. The highest BCUT2D eigenvalue weighted by Gasteiger charge is 2.35. The predicted octanol–water partition coefficient (Wildman–Crippen LogP) is 0.383. The van der Waals surface area contributed by atoms with Crippen LogP contribution in [0.5, 0.6) is 0 Å². The zero-order valence-electron chi connectivity index (χ0n) is 10.5. The van der Waals surface area contributed by atoms with Gasteiger partial charge in [0, 0.05) is 13.6 Å². The number of hydrogen-bond donors (Lipinski definition) is 2. The van der Waals surface area contributed by atoms with E-state index in [1.165, 1.54) is 0 Å². The molecule has 1 aliphatic rings. The molecule has 0 saturated carbocycles. The fourth-order valence-electron chi connectivity index (χ4n) is 1.84. The van der Waals surface area contributed by atoms with Gasteiger partial charge < -0.3 is 20.1 Å². The van der Waals surface area contributed by atoms with Crippen molar-refractivity contribution in [3.8, 4) is 0 Å². The summed E-state index contributed by atoms with van der Waals surface area (Å²) < 4.78 is 5.08. The van der Waals surface area contributed by atoms with Crippen molar-refractivity contribution in [3.05, 3.63) is 0 Å². The standard InChI is InChI=1S/C11H20N2O4/c1-7(2)4-13(3)11(16)12-9-6-17-5-8(9)10(14)15/h7-9H,4-6H2,1-3H3,(H,12,16)(H,14,15). The van der Waals surface area contributed by atoms with Gasteiger partial charge in [0.15, 0.2) is 0 Å². The van der Waals surface area contributed by atoms with E-state index in [-0.39, 0.29) is 19.2 Å².